The number of benzene rings is 1. The fourth-order valence-electron chi connectivity index (χ4n) is 3.66. The van der Waals surface area contributed by atoms with Crippen molar-refractivity contribution in [3.63, 3.8) is 0 Å². The summed E-state index contributed by atoms with van der Waals surface area (Å²) >= 11 is 0. The number of aromatic amines is 1. The summed E-state index contributed by atoms with van der Waals surface area (Å²) < 4.78 is 9.82. The molecule has 0 saturated carbocycles. The molecule has 1 heterocycles. The van der Waals surface area contributed by atoms with Crippen molar-refractivity contribution in [1.82, 2.24) is 4.98 Å². The van der Waals surface area contributed by atoms with E-state index in [9.17, 15) is 9.59 Å². The Morgan fingerprint density at radius 3 is 2.50 bits per heavy atom. The molecule has 5 heteroatoms. The topological polar surface area (TPSA) is 68.4 Å². The van der Waals surface area contributed by atoms with E-state index in [2.05, 4.69) is 4.98 Å². The average molecular weight is 301 g/mol. The average Bonchev–Trinajstić information content (AvgIpc) is 2.91. The van der Waals surface area contributed by atoms with Crippen molar-refractivity contribution in [2.75, 3.05) is 14.2 Å². The molecule has 0 aliphatic heterocycles. The number of nitrogens with one attached hydrogen (secondary N) is 1. The van der Waals surface area contributed by atoms with E-state index in [1.54, 1.807) is 0 Å². The maximum atomic E-state index is 12.2. The molecule has 0 amide bonds. The van der Waals surface area contributed by atoms with Crippen LogP contribution in [-0.4, -0.2) is 31.1 Å². The van der Waals surface area contributed by atoms with E-state index in [1.165, 1.54) is 14.2 Å². The third kappa shape index (κ3) is 2.08. The van der Waals surface area contributed by atoms with Gasteiger partial charge in [-0.1, -0.05) is 25.1 Å². The molecule has 0 radical (unpaired) electrons. The number of para-hydroxylation sites is 1. The van der Waals surface area contributed by atoms with Crippen LogP contribution in [0.1, 0.15) is 24.1 Å². The van der Waals surface area contributed by atoms with Crippen LogP contribution in [0.4, 0.5) is 0 Å². The van der Waals surface area contributed by atoms with Gasteiger partial charge in [0.1, 0.15) is 0 Å². The Hall–Kier alpha value is -2.30. The van der Waals surface area contributed by atoms with Crippen molar-refractivity contribution >= 4 is 22.8 Å². The first-order valence-electron chi connectivity index (χ1n) is 7.33. The quantitative estimate of drug-likeness (QED) is 0.865. The van der Waals surface area contributed by atoms with Crippen LogP contribution in [0, 0.1) is 11.8 Å². The Bertz CT molecular complexity index is 733. The van der Waals surface area contributed by atoms with Crippen LogP contribution >= 0.6 is 0 Å². The number of H-pyrrole nitrogens is 1. The molecule has 5 nitrogen and oxygen atoms in total. The molecule has 1 aliphatic carbocycles. The van der Waals surface area contributed by atoms with Crippen LogP contribution in [-0.2, 0) is 25.5 Å². The highest BCUT2D eigenvalue weighted by atomic mass is 16.5. The number of carbonyl (C=O) groups is 2. The smallest absolute Gasteiger partial charge is 0.310 e. The SMILES string of the molecule is COC(=O)[C@@H]1C(C)c2c([nH]c3ccccc23)C[C@H]1C(=O)OC. The summed E-state index contributed by atoms with van der Waals surface area (Å²) in [6.45, 7) is 1.97. The zero-order valence-corrected chi connectivity index (χ0v) is 12.9. The van der Waals surface area contributed by atoms with Gasteiger partial charge < -0.3 is 14.5 Å². The largest absolute Gasteiger partial charge is 0.469 e. The van der Waals surface area contributed by atoms with Crippen molar-refractivity contribution in [2.24, 2.45) is 11.8 Å². The van der Waals surface area contributed by atoms with Gasteiger partial charge in [-0.15, -0.1) is 0 Å². The Morgan fingerprint density at radius 1 is 1.14 bits per heavy atom. The molecule has 3 rings (SSSR count). The van der Waals surface area contributed by atoms with Crippen molar-refractivity contribution in [2.45, 2.75) is 19.3 Å². The molecule has 1 aliphatic rings. The minimum absolute atomic E-state index is 0.114. The highest BCUT2D eigenvalue weighted by Gasteiger charge is 2.45. The first-order valence-corrected chi connectivity index (χ1v) is 7.33. The molecule has 2 aromatic rings. The molecule has 0 fully saturated rings. The van der Waals surface area contributed by atoms with Gasteiger partial charge in [0, 0.05) is 23.0 Å². The summed E-state index contributed by atoms with van der Waals surface area (Å²) in [6, 6.07) is 7.97. The molecule has 0 saturated heterocycles. The minimum atomic E-state index is -0.524. The Kier molecular flexibility index (Phi) is 3.64. The lowest BCUT2D eigenvalue weighted by Crippen LogP contribution is -2.39. The van der Waals surface area contributed by atoms with Crippen molar-refractivity contribution in [3.05, 3.63) is 35.5 Å². The predicted octanol–water partition coefficient (Wildman–Crippen LogP) is 2.41. The molecule has 1 aromatic carbocycles. The zero-order valence-electron chi connectivity index (χ0n) is 12.9. The number of ether oxygens (including phenoxy) is 2. The molecule has 22 heavy (non-hydrogen) atoms. The summed E-state index contributed by atoms with van der Waals surface area (Å²) in [5.74, 6) is -1.89. The summed E-state index contributed by atoms with van der Waals surface area (Å²) in [6.07, 6.45) is 0.459. The second-order valence-corrected chi connectivity index (χ2v) is 5.73. The Balaban J connectivity index is 2.15. The maximum absolute atomic E-state index is 12.2. The molecule has 0 bridgehead atoms. The van der Waals surface area contributed by atoms with Crippen LogP contribution in [0.15, 0.2) is 24.3 Å². The van der Waals surface area contributed by atoms with E-state index in [0.29, 0.717) is 6.42 Å². The number of methoxy groups -OCH3 is 2. The first-order chi connectivity index (χ1) is 10.6. The summed E-state index contributed by atoms with van der Waals surface area (Å²) in [7, 11) is 2.70. The van der Waals surface area contributed by atoms with E-state index in [-0.39, 0.29) is 17.9 Å². The molecule has 1 unspecified atom stereocenters. The minimum Gasteiger partial charge on any atom is -0.469 e. The van der Waals surface area contributed by atoms with Crippen molar-refractivity contribution in [3.8, 4) is 0 Å². The van der Waals surface area contributed by atoms with Crippen molar-refractivity contribution < 1.29 is 19.1 Å². The second-order valence-electron chi connectivity index (χ2n) is 5.73. The maximum Gasteiger partial charge on any atom is 0.310 e. The summed E-state index contributed by atoms with van der Waals surface area (Å²) in [4.78, 5) is 27.7. The number of fused-ring (bicyclic) bond motifs is 3. The fraction of sp³-hybridized carbons (Fsp3) is 0.412. The van der Waals surface area contributed by atoms with Crippen LogP contribution in [0.5, 0.6) is 0 Å². The Labute approximate surface area is 128 Å². The highest BCUT2D eigenvalue weighted by Crippen LogP contribution is 2.43. The molecule has 3 atom stereocenters. The number of rotatable bonds is 2. The first kappa shape index (κ1) is 14.6. The van der Waals surface area contributed by atoms with Gasteiger partial charge in [-0.3, -0.25) is 9.59 Å². The van der Waals surface area contributed by atoms with Gasteiger partial charge in [0.15, 0.2) is 0 Å². The van der Waals surface area contributed by atoms with Gasteiger partial charge in [-0.25, -0.2) is 0 Å². The molecule has 116 valence electrons. The van der Waals surface area contributed by atoms with E-state index >= 15 is 0 Å². The molecule has 0 spiro atoms. The van der Waals surface area contributed by atoms with Gasteiger partial charge >= 0.3 is 11.9 Å². The van der Waals surface area contributed by atoms with Gasteiger partial charge in [-0.2, -0.15) is 0 Å². The molecular weight excluding hydrogens is 282 g/mol. The van der Waals surface area contributed by atoms with Crippen LogP contribution in [0.2, 0.25) is 0 Å². The Morgan fingerprint density at radius 2 is 1.82 bits per heavy atom. The van der Waals surface area contributed by atoms with Crippen molar-refractivity contribution in [1.29, 1.82) is 0 Å². The standard InChI is InChI=1S/C17H19NO4/c1-9-14-10-6-4-5-7-12(10)18-13(14)8-11(16(19)21-2)15(9)17(20)22-3/h4-7,9,11,15,18H,8H2,1-3H3/t9?,11-,15-/m1/s1. The fourth-order valence-corrected chi connectivity index (χ4v) is 3.66. The monoisotopic (exact) mass is 301 g/mol. The van der Waals surface area contributed by atoms with E-state index in [4.69, 9.17) is 9.47 Å². The number of aromatic nitrogens is 1. The third-order valence-electron chi connectivity index (χ3n) is 4.66. The lowest BCUT2D eigenvalue weighted by atomic mass is 9.71. The highest BCUT2D eigenvalue weighted by molar-refractivity contribution is 5.89. The number of esters is 2. The number of hydrogen-bond acceptors (Lipinski definition) is 4. The lowest BCUT2D eigenvalue weighted by molar-refractivity contribution is -0.159. The van der Waals surface area contributed by atoms with Crippen LogP contribution in [0.3, 0.4) is 0 Å². The van der Waals surface area contributed by atoms with E-state index < -0.39 is 11.8 Å². The van der Waals surface area contributed by atoms with Gasteiger partial charge in [0.2, 0.25) is 0 Å². The zero-order chi connectivity index (χ0) is 15.9. The van der Waals surface area contributed by atoms with Gasteiger partial charge in [0.25, 0.3) is 0 Å². The summed E-state index contributed by atoms with van der Waals surface area (Å²) in [5.41, 5.74) is 3.13. The van der Waals surface area contributed by atoms with Crippen LogP contribution in [0.25, 0.3) is 10.9 Å². The van der Waals surface area contributed by atoms with Gasteiger partial charge in [-0.05, 0) is 17.5 Å². The second kappa shape index (κ2) is 5.48. The van der Waals surface area contributed by atoms with E-state index in [0.717, 1.165) is 22.2 Å². The predicted molar refractivity (Wildman–Crippen MR) is 81.4 cm³/mol. The molecule has 1 aromatic heterocycles. The molecular formula is C17H19NO4. The number of carbonyl (C=O) groups excluding carboxylic acids is 2. The van der Waals surface area contributed by atoms with Crippen LogP contribution < -0.4 is 0 Å². The number of hydrogen-bond donors (Lipinski definition) is 1. The normalized spacial score (nSPS) is 23.9. The van der Waals surface area contributed by atoms with Gasteiger partial charge in [0.05, 0.1) is 26.1 Å². The summed E-state index contributed by atoms with van der Waals surface area (Å²) in [5, 5.41) is 1.10. The third-order valence-corrected chi connectivity index (χ3v) is 4.66. The van der Waals surface area contributed by atoms with E-state index in [1.807, 2.05) is 31.2 Å². The molecule has 1 N–H and O–H groups in total. The lowest BCUT2D eigenvalue weighted by Gasteiger charge is -2.33.